The predicted molar refractivity (Wildman–Crippen MR) is 161 cm³/mol. The van der Waals surface area contributed by atoms with Gasteiger partial charge in [-0.1, -0.05) is 19.1 Å². The van der Waals surface area contributed by atoms with Crippen molar-refractivity contribution in [2.24, 2.45) is 4.99 Å². The number of nitrogens with zero attached hydrogens (tertiary/aromatic N) is 3. The van der Waals surface area contributed by atoms with E-state index in [1.165, 1.54) is 12.1 Å². The number of hydrogen-bond donors (Lipinski definition) is 2. The Morgan fingerprint density at radius 1 is 1.13 bits per heavy atom. The van der Waals surface area contributed by atoms with Crippen LogP contribution in [0, 0.1) is 39.1 Å². The minimum atomic E-state index is -0.257. The Kier molecular flexibility index (Phi) is 8.53. The van der Waals surface area contributed by atoms with Gasteiger partial charge in [0, 0.05) is 47.5 Å². The van der Waals surface area contributed by atoms with E-state index >= 15 is 0 Å². The normalized spacial score (nSPS) is 11.5. The highest BCUT2D eigenvalue weighted by molar-refractivity contribution is 5.96. The molecule has 0 fully saturated rings. The van der Waals surface area contributed by atoms with E-state index in [2.05, 4.69) is 58.4 Å². The van der Waals surface area contributed by atoms with Crippen LogP contribution in [0.2, 0.25) is 0 Å². The second-order valence-corrected chi connectivity index (χ2v) is 9.43. The van der Waals surface area contributed by atoms with Crippen molar-refractivity contribution >= 4 is 28.5 Å². The molecule has 2 aromatic heterocycles. The first-order valence-corrected chi connectivity index (χ1v) is 12.8. The van der Waals surface area contributed by atoms with Crippen molar-refractivity contribution in [1.82, 2.24) is 15.3 Å². The summed E-state index contributed by atoms with van der Waals surface area (Å²) in [6, 6.07) is 17.1. The molecule has 5 nitrogen and oxygen atoms in total. The lowest BCUT2D eigenvalue weighted by Crippen LogP contribution is -2.16. The molecule has 2 N–H and O–H groups in total. The minimum Gasteiger partial charge on any atom is -0.385 e. The van der Waals surface area contributed by atoms with Crippen LogP contribution in [0.1, 0.15) is 34.9 Å². The second-order valence-electron chi connectivity index (χ2n) is 9.43. The first-order chi connectivity index (χ1) is 18.8. The van der Waals surface area contributed by atoms with Crippen LogP contribution in [0.4, 0.5) is 10.1 Å². The highest BCUT2D eigenvalue weighted by Crippen LogP contribution is 2.28. The summed E-state index contributed by atoms with van der Waals surface area (Å²) in [4.78, 5) is 13.4. The van der Waals surface area contributed by atoms with Gasteiger partial charge in [-0.25, -0.2) is 9.38 Å². The van der Waals surface area contributed by atoms with Crippen molar-refractivity contribution in [3.8, 4) is 23.7 Å². The van der Waals surface area contributed by atoms with Gasteiger partial charge in [0.2, 0.25) is 0 Å². The topological polar surface area (TPSA) is 62.2 Å². The summed E-state index contributed by atoms with van der Waals surface area (Å²) in [7, 11) is 0. The Balaban J connectivity index is 1.54. The van der Waals surface area contributed by atoms with Crippen molar-refractivity contribution < 1.29 is 4.39 Å². The highest BCUT2D eigenvalue weighted by Gasteiger charge is 2.11. The van der Waals surface area contributed by atoms with E-state index in [0.29, 0.717) is 13.0 Å². The average molecular weight is 518 g/mol. The van der Waals surface area contributed by atoms with Crippen LogP contribution in [0.5, 0.6) is 0 Å². The lowest BCUT2D eigenvalue weighted by molar-refractivity contribution is 0.628. The second kappa shape index (κ2) is 12.2. The summed E-state index contributed by atoms with van der Waals surface area (Å²) < 4.78 is 13.4. The van der Waals surface area contributed by atoms with E-state index in [4.69, 9.17) is 11.4 Å². The molecule has 196 valence electrons. The molecule has 2 aromatic carbocycles. The van der Waals surface area contributed by atoms with Gasteiger partial charge in [0.15, 0.2) is 0 Å². The van der Waals surface area contributed by atoms with Gasteiger partial charge in [0.25, 0.3) is 0 Å². The fourth-order valence-electron chi connectivity index (χ4n) is 4.34. The summed E-state index contributed by atoms with van der Waals surface area (Å²) in [5, 5.41) is 7.85. The molecule has 0 radical (unpaired) electrons. The maximum Gasteiger partial charge on any atom is 0.123 e. The number of halogens is 1. The summed E-state index contributed by atoms with van der Waals surface area (Å²) >= 11 is 0. The SMILES string of the molecule is C#CN=C/C(=C\C)Nc1cc(C(=C)NCCc2cc(C)c(C)c(-c3ccc(F)cc3)n2)cc2cc(C)cnc12. The van der Waals surface area contributed by atoms with E-state index in [-0.39, 0.29) is 5.82 Å². The van der Waals surface area contributed by atoms with E-state index in [9.17, 15) is 4.39 Å². The molecule has 2 heterocycles. The molecule has 0 aliphatic rings. The standard InChI is InChI=1S/C33H32FN5/c1-7-29(20-35-8-2)38-31-18-26(17-27-15-21(3)19-37-33(27)31)24(6)36-14-13-30-16-22(4)23(5)32(39-30)25-9-11-28(34)12-10-25/h2,7,9-12,15-20,36,38H,6,13-14H2,1,3-5H3/b29-7+,35-20?. The van der Waals surface area contributed by atoms with Gasteiger partial charge in [0.05, 0.1) is 28.8 Å². The smallest absolute Gasteiger partial charge is 0.123 e. The third-order valence-electron chi connectivity index (χ3n) is 6.56. The molecule has 6 heteroatoms. The van der Waals surface area contributed by atoms with Crippen LogP contribution >= 0.6 is 0 Å². The van der Waals surface area contributed by atoms with E-state index in [0.717, 1.165) is 67.2 Å². The van der Waals surface area contributed by atoms with Gasteiger partial charge < -0.3 is 10.6 Å². The van der Waals surface area contributed by atoms with E-state index in [1.54, 1.807) is 18.3 Å². The maximum atomic E-state index is 13.4. The lowest BCUT2D eigenvalue weighted by Gasteiger charge is -2.16. The number of aromatic nitrogens is 2. The van der Waals surface area contributed by atoms with Crippen LogP contribution in [-0.2, 0) is 6.42 Å². The number of aliphatic imine (C=N–C) groups is 1. The molecule has 0 saturated carbocycles. The van der Waals surface area contributed by atoms with Crippen LogP contribution in [0.25, 0.3) is 27.9 Å². The first-order valence-electron chi connectivity index (χ1n) is 12.8. The lowest BCUT2D eigenvalue weighted by atomic mass is 10.0. The number of rotatable bonds is 9. The molecule has 0 bridgehead atoms. The van der Waals surface area contributed by atoms with Crippen LogP contribution in [0.15, 0.2) is 78.1 Å². The largest absolute Gasteiger partial charge is 0.385 e. The Hall–Kier alpha value is -4.76. The number of pyridine rings is 2. The van der Waals surface area contributed by atoms with Crippen molar-refractivity contribution in [1.29, 1.82) is 0 Å². The number of terminal acetylenes is 1. The fourth-order valence-corrected chi connectivity index (χ4v) is 4.34. The third-order valence-corrected chi connectivity index (χ3v) is 6.56. The molecule has 4 aromatic rings. The molecule has 4 rings (SSSR count). The third kappa shape index (κ3) is 6.58. The molecule has 0 aliphatic heterocycles. The average Bonchev–Trinajstić information content (AvgIpc) is 2.92. The number of hydrogen-bond acceptors (Lipinski definition) is 5. The Bertz CT molecular complexity index is 1630. The highest BCUT2D eigenvalue weighted by atomic mass is 19.1. The minimum absolute atomic E-state index is 0.257. The zero-order valence-corrected chi connectivity index (χ0v) is 22.8. The van der Waals surface area contributed by atoms with Gasteiger partial charge in [-0.15, -0.1) is 0 Å². The summed E-state index contributed by atoms with van der Waals surface area (Å²) in [5.41, 5.74) is 10.3. The quantitative estimate of drug-likeness (QED) is 0.183. The number of anilines is 1. The van der Waals surface area contributed by atoms with E-state index < -0.39 is 0 Å². The van der Waals surface area contributed by atoms with Crippen molar-refractivity contribution in [2.45, 2.75) is 34.1 Å². The number of aryl methyl sites for hydroxylation is 2. The van der Waals surface area contributed by atoms with Crippen molar-refractivity contribution in [3.05, 3.63) is 107 Å². The maximum absolute atomic E-state index is 13.4. The van der Waals surface area contributed by atoms with Gasteiger partial charge >= 0.3 is 0 Å². The first kappa shape index (κ1) is 27.3. The molecule has 39 heavy (non-hydrogen) atoms. The van der Waals surface area contributed by atoms with Gasteiger partial charge in [0.1, 0.15) is 5.82 Å². The predicted octanol–water partition coefficient (Wildman–Crippen LogP) is 7.14. The number of nitrogens with one attached hydrogen (secondary N) is 2. The molecular weight excluding hydrogens is 485 g/mol. The zero-order valence-electron chi connectivity index (χ0n) is 22.8. The zero-order chi connectivity index (χ0) is 27.9. The molecule has 0 spiro atoms. The van der Waals surface area contributed by atoms with Gasteiger partial charge in [-0.2, -0.15) is 0 Å². The number of benzene rings is 2. The van der Waals surface area contributed by atoms with Crippen LogP contribution in [-0.4, -0.2) is 22.7 Å². The van der Waals surface area contributed by atoms with Crippen molar-refractivity contribution in [3.63, 3.8) is 0 Å². The van der Waals surface area contributed by atoms with Crippen LogP contribution in [0.3, 0.4) is 0 Å². The van der Waals surface area contributed by atoms with Crippen LogP contribution < -0.4 is 10.6 Å². The molecule has 0 saturated heterocycles. The molecule has 0 atom stereocenters. The Morgan fingerprint density at radius 3 is 2.62 bits per heavy atom. The van der Waals surface area contributed by atoms with Crippen molar-refractivity contribution in [2.75, 3.05) is 11.9 Å². The molecular formula is C33H32FN5. The monoisotopic (exact) mass is 517 g/mol. The van der Waals surface area contributed by atoms with Gasteiger partial charge in [-0.3, -0.25) is 9.97 Å². The Morgan fingerprint density at radius 2 is 1.90 bits per heavy atom. The summed E-state index contributed by atoms with van der Waals surface area (Å²) in [6.45, 7) is 13.0. The van der Waals surface area contributed by atoms with Gasteiger partial charge in [-0.05, 0) is 98.5 Å². The number of fused-ring (bicyclic) bond motifs is 1. The molecule has 0 aliphatic carbocycles. The summed E-state index contributed by atoms with van der Waals surface area (Å²) in [6.07, 6.45) is 11.4. The molecule has 0 amide bonds. The summed E-state index contributed by atoms with van der Waals surface area (Å²) in [5.74, 6) is -0.257. The Labute approximate surface area is 229 Å². The number of allylic oxidation sites excluding steroid dienone is 2. The van der Waals surface area contributed by atoms with E-state index in [1.807, 2.05) is 39.1 Å². The molecule has 0 unspecified atom stereocenters. The fraction of sp³-hybridized carbons (Fsp3) is 0.182.